The maximum Gasteiger partial charge on any atom is 0.237 e. The highest BCUT2D eigenvalue weighted by Crippen LogP contribution is 2.06. The second kappa shape index (κ2) is 10.3. The van der Waals surface area contributed by atoms with Gasteiger partial charge in [-0.2, -0.15) is 0 Å². The summed E-state index contributed by atoms with van der Waals surface area (Å²) in [5.41, 5.74) is 5.54. The van der Waals surface area contributed by atoms with Crippen LogP contribution in [0.3, 0.4) is 0 Å². The van der Waals surface area contributed by atoms with Crippen molar-refractivity contribution in [3.63, 3.8) is 0 Å². The normalized spacial score (nSPS) is 13.1. The van der Waals surface area contributed by atoms with Crippen LogP contribution in [0.25, 0.3) is 0 Å². The molecule has 0 rings (SSSR count). The van der Waals surface area contributed by atoms with Gasteiger partial charge in [-0.25, -0.2) is 0 Å². The molecule has 4 heteroatoms. The Kier molecular flexibility index (Phi) is 9.98. The van der Waals surface area contributed by atoms with Crippen molar-refractivity contribution in [1.29, 1.82) is 0 Å². The Hall–Kier alpha value is -0.610. The summed E-state index contributed by atoms with van der Waals surface area (Å²) >= 11 is 0. The molecule has 1 unspecified atom stereocenters. The van der Waals surface area contributed by atoms with Crippen molar-refractivity contribution in [2.24, 2.45) is 5.73 Å². The molecule has 0 saturated heterocycles. The summed E-state index contributed by atoms with van der Waals surface area (Å²) in [4.78, 5) is 14.2. The van der Waals surface area contributed by atoms with Gasteiger partial charge in [0.05, 0.1) is 6.04 Å². The minimum atomic E-state index is -0.0711. The van der Waals surface area contributed by atoms with Crippen molar-refractivity contribution in [3.8, 4) is 0 Å². The fourth-order valence-corrected chi connectivity index (χ4v) is 2.06. The van der Waals surface area contributed by atoms with E-state index >= 15 is 0 Å². The summed E-state index contributed by atoms with van der Waals surface area (Å²) in [5.74, 6) is 0.136. The molecule has 4 nitrogen and oxygen atoms in total. The van der Waals surface area contributed by atoms with Crippen molar-refractivity contribution in [1.82, 2.24) is 10.2 Å². The number of hydrogen-bond donors (Lipinski definition) is 2. The Morgan fingerprint density at radius 2 is 1.89 bits per heavy atom. The second-order valence-electron chi connectivity index (χ2n) is 5.15. The van der Waals surface area contributed by atoms with Crippen molar-refractivity contribution in [3.05, 3.63) is 0 Å². The van der Waals surface area contributed by atoms with Crippen LogP contribution in [-0.4, -0.2) is 42.5 Å². The third-order valence-electron chi connectivity index (χ3n) is 3.24. The topological polar surface area (TPSA) is 58.4 Å². The van der Waals surface area contributed by atoms with Gasteiger partial charge in [0.25, 0.3) is 0 Å². The minimum absolute atomic E-state index is 0.0711. The first-order chi connectivity index (χ1) is 8.54. The van der Waals surface area contributed by atoms with E-state index in [0.717, 1.165) is 25.9 Å². The summed E-state index contributed by atoms with van der Waals surface area (Å²) in [6.45, 7) is 10.7. The lowest BCUT2D eigenvalue weighted by Crippen LogP contribution is -2.49. The summed E-state index contributed by atoms with van der Waals surface area (Å²) < 4.78 is 0. The van der Waals surface area contributed by atoms with E-state index in [9.17, 15) is 4.79 Å². The molecular weight excluding hydrogens is 226 g/mol. The Morgan fingerprint density at radius 3 is 2.39 bits per heavy atom. The Balaban J connectivity index is 4.12. The van der Waals surface area contributed by atoms with Crippen LogP contribution >= 0.6 is 0 Å². The molecule has 0 bridgehead atoms. The molecule has 0 aromatic heterocycles. The summed E-state index contributed by atoms with van der Waals surface area (Å²) in [7, 11) is 0. The van der Waals surface area contributed by atoms with Crippen LogP contribution in [0.5, 0.6) is 0 Å². The van der Waals surface area contributed by atoms with Gasteiger partial charge in [-0.15, -0.1) is 0 Å². The lowest BCUT2D eigenvalue weighted by Gasteiger charge is -2.31. The molecule has 18 heavy (non-hydrogen) atoms. The van der Waals surface area contributed by atoms with E-state index < -0.39 is 0 Å². The predicted octanol–water partition coefficient (Wildman–Crippen LogP) is 1.74. The highest BCUT2D eigenvalue weighted by molar-refractivity contribution is 5.81. The number of hydrogen-bond acceptors (Lipinski definition) is 3. The minimum Gasteiger partial charge on any atom is -0.355 e. The largest absolute Gasteiger partial charge is 0.355 e. The SMILES string of the molecule is CCCCCNC(=O)C(C)N(CCCN)C(C)C. The maximum absolute atomic E-state index is 12.0. The molecule has 0 aliphatic heterocycles. The molecule has 108 valence electrons. The van der Waals surface area contributed by atoms with E-state index in [2.05, 4.69) is 31.0 Å². The molecule has 0 spiro atoms. The lowest BCUT2D eigenvalue weighted by atomic mass is 10.2. The number of amides is 1. The molecule has 3 N–H and O–H groups in total. The first-order valence-electron chi connectivity index (χ1n) is 7.28. The third kappa shape index (κ3) is 6.97. The zero-order chi connectivity index (χ0) is 14.0. The molecule has 0 fully saturated rings. The molecule has 0 heterocycles. The van der Waals surface area contributed by atoms with Gasteiger partial charge >= 0.3 is 0 Å². The van der Waals surface area contributed by atoms with Crippen molar-refractivity contribution >= 4 is 5.91 Å². The summed E-state index contributed by atoms with van der Waals surface area (Å²) in [6, 6.07) is 0.297. The molecular formula is C14H31N3O. The molecule has 1 atom stereocenters. The number of unbranched alkanes of at least 4 members (excludes halogenated alkanes) is 2. The van der Waals surface area contributed by atoms with Crippen molar-refractivity contribution in [2.45, 2.75) is 65.5 Å². The zero-order valence-corrected chi connectivity index (χ0v) is 12.5. The number of nitrogens with two attached hydrogens (primary N) is 1. The molecule has 0 aliphatic carbocycles. The van der Waals surface area contributed by atoms with E-state index in [1.165, 1.54) is 12.8 Å². The van der Waals surface area contributed by atoms with Gasteiger partial charge in [-0.05, 0) is 40.2 Å². The average molecular weight is 257 g/mol. The number of nitrogens with zero attached hydrogens (tertiary/aromatic N) is 1. The van der Waals surface area contributed by atoms with E-state index in [1.807, 2.05) is 6.92 Å². The van der Waals surface area contributed by atoms with Crippen LogP contribution in [0.15, 0.2) is 0 Å². The number of carbonyl (C=O) groups excluding carboxylic acids is 1. The molecule has 0 aromatic carbocycles. The van der Waals surface area contributed by atoms with E-state index in [-0.39, 0.29) is 11.9 Å². The predicted molar refractivity (Wildman–Crippen MR) is 77.5 cm³/mol. The lowest BCUT2D eigenvalue weighted by molar-refractivity contribution is -0.126. The number of carbonyl (C=O) groups is 1. The highest BCUT2D eigenvalue weighted by Gasteiger charge is 2.22. The van der Waals surface area contributed by atoms with Crippen molar-refractivity contribution < 1.29 is 4.79 Å². The van der Waals surface area contributed by atoms with Crippen LogP contribution < -0.4 is 11.1 Å². The second-order valence-corrected chi connectivity index (χ2v) is 5.15. The van der Waals surface area contributed by atoms with Crippen LogP contribution in [-0.2, 0) is 4.79 Å². The fourth-order valence-electron chi connectivity index (χ4n) is 2.06. The maximum atomic E-state index is 12.0. The first-order valence-corrected chi connectivity index (χ1v) is 7.28. The van der Waals surface area contributed by atoms with Gasteiger partial charge in [0.15, 0.2) is 0 Å². The van der Waals surface area contributed by atoms with E-state index in [0.29, 0.717) is 12.6 Å². The van der Waals surface area contributed by atoms with Gasteiger partial charge < -0.3 is 11.1 Å². The Morgan fingerprint density at radius 1 is 1.22 bits per heavy atom. The first kappa shape index (κ1) is 17.4. The smallest absolute Gasteiger partial charge is 0.237 e. The Labute approximate surface area is 112 Å². The Bertz CT molecular complexity index is 219. The fraction of sp³-hybridized carbons (Fsp3) is 0.929. The van der Waals surface area contributed by atoms with Gasteiger partial charge in [0.1, 0.15) is 0 Å². The van der Waals surface area contributed by atoms with Crippen LogP contribution in [0, 0.1) is 0 Å². The standard InChI is InChI=1S/C14H31N3O/c1-5-6-7-10-16-14(18)13(4)17(12(2)3)11-8-9-15/h12-13H,5-11,15H2,1-4H3,(H,16,18). The zero-order valence-electron chi connectivity index (χ0n) is 12.5. The highest BCUT2D eigenvalue weighted by atomic mass is 16.2. The van der Waals surface area contributed by atoms with E-state index in [1.54, 1.807) is 0 Å². The van der Waals surface area contributed by atoms with E-state index in [4.69, 9.17) is 5.73 Å². The van der Waals surface area contributed by atoms with Gasteiger partial charge in [0, 0.05) is 19.1 Å². The summed E-state index contributed by atoms with van der Waals surface area (Å²) in [5, 5.41) is 3.02. The van der Waals surface area contributed by atoms with Crippen molar-refractivity contribution in [2.75, 3.05) is 19.6 Å². The number of rotatable bonds is 10. The molecule has 0 saturated carbocycles. The van der Waals surface area contributed by atoms with Crippen LogP contribution in [0.1, 0.15) is 53.4 Å². The summed E-state index contributed by atoms with van der Waals surface area (Å²) in [6.07, 6.45) is 4.36. The molecule has 0 aliphatic rings. The molecule has 1 amide bonds. The van der Waals surface area contributed by atoms with Gasteiger partial charge in [-0.3, -0.25) is 9.69 Å². The third-order valence-corrected chi connectivity index (χ3v) is 3.24. The van der Waals surface area contributed by atoms with Gasteiger partial charge in [-0.1, -0.05) is 19.8 Å². The van der Waals surface area contributed by atoms with Crippen LogP contribution in [0.4, 0.5) is 0 Å². The number of nitrogens with one attached hydrogen (secondary N) is 1. The molecule has 0 radical (unpaired) electrons. The quantitative estimate of drug-likeness (QED) is 0.586. The monoisotopic (exact) mass is 257 g/mol. The van der Waals surface area contributed by atoms with Gasteiger partial charge in [0.2, 0.25) is 5.91 Å². The molecule has 0 aromatic rings. The average Bonchev–Trinajstić information content (AvgIpc) is 2.34. The van der Waals surface area contributed by atoms with Crippen LogP contribution in [0.2, 0.25) is 0 Å².